The van der Waals surface area contributed by atoms with E-state index in [0.29, 0.717) is 5.92 Å². The molecule has 0 spiro atoms. The summed E-state index contributed by atoms with van der Waals surface area (Å²) in [5, 5.41) is 0. The van der Waals surface area contributed by atoms with Crippen molar-refractivity contribution in [3.05, 3.63) is 163 Å². The Morgan fingerprint density at radius 3 is 1.38 bits per heavy atom. The van der Waals surface area contributed by atoms with Crippen LogP contribution in [0.1, 0.15) is 61.4 Å². The number of hydrogen-bond donors (Lipinski definition) is 0. The maximum absolute atomic E-state index is 4.89. The normalized spacial score (nSPS) is 52.3. The Labute approximate surface area is 448 Å². The Balaban J connectivity index is 0.683. The van der Waals surface area contributed by atoms with Crippen molar-refractivity contribution >= 4 is 29.2 Å². The summed E-state index contributed by atoms with van der Waals surface area (Å²) in [6, 6.07) is 40.9. The number of benzene rings is 3. The van der Waals surface area contributed by atoms with Gasteiger partial charge in [-0.15, -0.1) is 0 Å². The molecule has 2 heterocycles. The zero-order valence-electron chi connectivity index (χ0n) is 43.6. The van der Waals surface area contributed by atoms with Gasteiger partial charge in [0, 0.05) is 34.1 Å². The topological polar surface area (TPSA) is 29.0 Å². The van der Waals surface area contributed by atoms with E-state index in [0.717, 1.165) is 223 Å². The smallest absolute Gasteiger partial charge is 0.0709 e. The highest BCUT2D eigenvalue weighted by Crippen LogP contribution is 2.94. The van der Waals surface area contributed by atoms with E-state index in [-0.39, 0.29) is 0 Å². The first-order valence-electron chi connectivity index (χ1n) is 31.4. The van der Waals surface area contributed by atoms with E-state index >= 15 is 0 Å². The number of hydrogen-bond acceptors (Lipinski definition) is 3. The predicted molar refractivity (Wildman–Crippen MR) is 299 cm³/mol. The van der Waals surface area contributed by atoms with Crippen molar-refractivity contribution in [1.82, 2.24) is 9.97 Å². The van der Waals surface area contributed by atoms with Gasteiger partial charge in [0.1, 0.15) is 0 Å². The van der Waals surface area contributed by atoms with Gasteiger partial charge >= 0.3 is 0 Å². The number of pyridine rings is 2. The maximum atomic E-state index is 4.89. The van der Waals surface area contributed by atoms with Crippen molar-refractivity contribution in [2.75, 3.05) is 4.90 Å². The third-order valence-corrected chi connectivity index (χ3v) is 29.1. The minimum atomic E-state index is 0.692. The van der Waals surface area contributed by atoms with Crippen LogP contribution in [0.2, 0.25) is 0 Å². The molecule has 31 atom stereocenters. The predicted octanol–water partition coefficient (Wildman–Crippen LogP) is 15.6. The molecule has 76 heavy (non-hydrogen) atoms. The zero-order chi connectivity index (χ0) is 48.6. The molecule has 0 N–H and O–H groups in total. The van der Waals surface area contributed by atoms with Crippen molar-refractivity contribution in [1.29, 1.82) is 0 Å². The Hall–Kier alpha value is -5.28. The number of anilines is 3. The molecule has 31 unspecified atom stereocenters. The average molecular weight is 988 g/mol. The maximum Gasteiger partial charge on any atom is 0.0709 e. The highest BCUT2D eigenvalue weighted by molar-refractivity contribution is 5.79. The molecule has 17 aliphatic rings. The second-order valence-electron chi connectivity index (χ2n) is 29.5. The lowest BCUT2D eigenvalue weighted by Gasteiger charge is -2.61. The second kappa shape index (κ2) is 13.4. The van der Waals surface area contributed by atoms with Crippen molar-refractivity contribution < 1.29 is 0 Å². The van der Waals surface area contributed by atoms with Crippen LogP contribution < -0.4 is 4.90 Å². The van der Waals surface area contributed by atoms with Crippen LogP contribution in [-0.4, -0.2) is 9.97 Å². The van der Waals surface area contributed by atoms with Gasteiger partial charge in [-0.1, -0.05) is 85.0 Å². The summed E-state index contributed by atoms with van der Waals surface area (Å²) < 4.78 is 0. The van der Waals surface area contributed by atoms with Gasteiger partial charge in [0.2, 0.25) is 0 Å². The summed E-state index contributed by atoms with van der Waals surface area (Å²) in [6.45, 7) is 7.99. The van der Waals surface area contributed by atoms with Crippen molar-refractivity contribution in [2.24, 2.45) is 178 Å². The molecule has 17 aliphatic carbocycles. The van der Waals surface area contributed by atoms with Crippen molar-refractivity contribution in [2.45, 2.75) is 44.4 Å². The van der Waals surface area contributed by atoms with Crippen LogP contribution in [-0.2, 0) is 0 Å². The molecule has 2 aromatic heterocycles. The Morgan fingerprint density at radius 2 is 0.803 bits per heavy atom. The van der Waals surface area contributed by atoms with E-state index in [9.17, 15) is 0 Å². The Bertz CT molecular complexity index is 3430. The number of allylic oxidation sites excluding steroid dienone is 4. The van der Waals surface area contributed by atoms with Gasteiger partial charge in [0.15, 0.2) is 0 Å². The molecule has 0 aliphatic heterocycles. The SMILES string of the molecule is C=Cc1cccc(-c2ccc(N(c3ccc(-c4cccc(C=C)n4)cc3)c3ccc(C4C5C6=C7C8C(C9CCC%10C%11CCC%12C%13CCC%14C%15C=CC6C6C7C7C%16C8C9C%10C8C%11C%12C9C%13C%14C(C%156)C7C9C8%16)C54)cc3)cc2)n1. The van der Waals surface area contributed by atoms with Crippen LogP contribution in [0.3, 0.4) is 0 Å². The standard InChI is InChI=1S/C73H69N3/c1-3-34-7-5-9-47(74-34)31-11-17-36(18-12-31)76(37-19-13-32(14-20-37)48-10-6-8-35(4-2)75-48)38-21-15-33(16-22-38)49-60-58-45-29-27-43-41-25-23-39-40-24-26-42-44-28-30-46-57-55(44)64-53(42)51(40)62-50(39)52(41)63-54(43)56(45)65-67(58)68(59(46)61(49)60)66(57)73-71(64)69(62)70(63)72(65)73/h3-22,27,29,39-46,49-57,59-66,68-73H,1-2,23-26,28,30H2. The van der Waals surface area contributed by atoms with Crippen LogP contribution >= 0.6 is 0 Å². The molecular weight excluding hydrogens is 919 g/mol. The molecule has 0 radical (unpaired) electrons. The first-order valence-corrected chi connectivity index (χ1v) is 31.4. The third kappa shape index (κ3) is 4.30. The molecule has 22 rings (SSSR count). The van der Waals surface area contributed by atoms with Crippen molar-refractivity contribution in [3.63, 3.8) is 0 Å². The van der Waals surface area contributed by atoms with Crippen LogP contribution in [0.4, 0.5) is 17.1 Å². The summed E-state index contributed by atoms with van der Waals surface area (Å²) in [7, 11) is 0. The first kappa shape index (κ1) is 40.9. The molecular formula is C73H69N3. The van der Waals surface area contributed by atoms with Gasteiger partial charge in [-0.05, 0) is 294 Å². The molecule has 376 valence electrons. The van der Waals surface area contributed by atoms with Gasteiger partial charge in [-0.3, -0.25) is 0 Å². The summed E-state index contributed by atoms with van der Waals surface area (Å²) in [4.78, 5) is 12.3. The fourth-order valence-electron chi connectivity index (χ4n) is 29.0. The van der Waals surface area contributed by atoms with Crippen molar-refractivity contribution in [3.8, 4) is 22.5 Å². The largest absolute Gasteiger partial charge is 0.311 e. The minimum Gasteiger partial charge on any atom is -0.311 e. The highest BCUT2D eigenvalue weighted by atomic mass is 15.1. The first-order chi connectivity index (χ1) is 37.7. The lowest BCUT2D eigenvalue weighted by molar-refractivity contribution is -0.146. The molecule has 0 bridgehead atoms. The van der Waals surface area contributed by atoms with Crippen LogP contribution in [0.25, 0.3) is 34.7 Å². The molecule has 0 saturated heterocycles. The molecule has 3 nitrogen and oxygen atoms in total. The third-order valence-electron chi connectivity index (χ3n) is 29.1. The number of nitrogens with zero attached hydrogens (tertiary/aromatic N) is 3. The molecule has 14 saturated carbocycles. The van der Waals surface area contributed by atoms with E-state index in [1.54, 1.807) is 44.1 Å². The van der Waals surface area contributed by atoms with Gasteiger partial charge in [0.05, 0.1) is 22.8 Å². The van der Waals surface area contributed by atoms with Crippen LogP contribution in [0, 0.1) is 178 Å². The van der Waals surface area contributed by atoms with E-state index in [2.05, 4.69) is 138 Å². The lowest BCUT2D eigenvalue weighted by Crippen LogP contribution is -2.58. The summed E-state index contributed by atoms with van der Waals surface area (Å²) in [6.07, 6.45) is 19.5. The average Bonchev–Trinajstić information content (AvgIpc) is 3.74. The van der Waals surface area contributed by atoms with E-state index in [4.69, 9.17) is 9.97 Å². The van der Waals surface area contributed by atoms with Gasteiger partial charge in [0.25, 0.3) is 0 Å². The Kier molecular flexibility index (Phi) is 7.21. The molecule has 0 amide bonds. The molecule has 5 aromatic rings. The molecule has 3 aromatic carbocycles. The summed E-state index contributed by atoms with van der Waals surface area (Å²) in [5.41, 5.74) is 15.6. The lowest BCUT2D eigenvalue weighted by atomic mass is 9.43. The van der Waals surface area contributed by atoms with E-state index in [1.807, 2.05) is 24.3 Å². The second-order valence-corrected chi connectivity index (χ2v) is 29.5. The highest BCUT2D eigenvalue weighted by Gasteiger charge is 2.89. The Morgan fingerprint density at radius 1 is 0.355 bits per heavy atom. The zero-order valence-corrected chi connectivity index (χ0v) is 43.6. The van der Waals surface area contributed by atoms with Crippen LogP contribution in [0.5, 0.6) is 0 Å². The van der Waals surface area contributed by atoms with Crippen LogP contribution in [0.15, 0.2) is 146 Å². The monoisotopic (exact) mass is 988 g/mol. The quantitative estimate of drug-likeness (QED) is 0.145. The summed E-state index contributed by atoms with van der Waals surface area (Å²) >= 11 is 0. The van der Waals surface area contributed by atoms with Gasteiger partial charge < -0.3 is 4.90 Å². The molecule has 3 heteroatoms. The number of rotatable bonds is 8. The number of fused-ring (bicyclic) bond motifs is 8. The number of aromatic nitrogens is 2. The van der Waals surface area contributed by atoms with Gasteiger partial charge in [-0.25, -0.2) is 9.97 Å². The molecule has 14 fully saturated rings. The van der Waals surface area contributed by atoms with Gasteiger partial charge in [-0.2, -0.15) is 0 Å². The van der Waals surface area contributed by atoms with E-state index in [1.165, 1.54) is 5.69 Å². The fraction of sp³-hybridized carbons (Fsp3) is 0.507. The minimum absolute atomic E-state index is 0.692. The van der Waals surface area contributed by atoms with E-state index < -0.39 is 0 Å². The summed E-state index contributed by atoms with van der Waals surface area (Å²) in [5.74, 6) is 32.2. The fourth-order valence-corrected chi connectivity index (χ4v) is 29.0.